The lowest BCUT2D eigenvalue weighted by atomic mass is 10.1. The van der Waals surface area contributed by atoms with Crippen LogP contribution in [0.15, 0.2) is 23.1 Å². The van der Waals surface area contributed by atoms with Crippen molar-refractivity contribution < 1.29 is 22.8 Å². The third-order valence-corrected chi connectivity index (χ3v) is 3.89. The molecule has 1 heterocycles. The number of benzene rings is 1. The molecular weight excluding hydrogens is 246 g/mol. The number of sulfonamides is 1. The molecule has 90 valence electrons. The molecule has 7 heteroatoms. The third kappa shape index (κ3) is 1.59. The molecule has 0 saturated heterocycles. The van der Waals surface area contributed by atoms with E-state index in [1.54, 1.807) is 13.0 Å². The lowest BCUT2D eigenvalue weighted by Crippen LogP contribution is -2.32. The van der Waals surface area contributed by atoms with Crippen LogP contribution >= 0.6 is 0 Å². The van der Waals surface area contributed by atoms with E-state index in [0.29, 0.717) is 5.56 Å². The summed E-state index contributed by atoms with van der Waals surface area (Å²) in [7, 11) is -4.07. The van der Waals surface area contributed by atoms with Crippen LogP contribution in [-0.2, 0) is 19.7 Å². The Bertz CT molecular complexity index is 620. The molecule has 1 aromatic rings. The quantitative estimate of drug-likeness (QED) is 0.734. The van der Waals surface area contributed by atoms with E-state index in [1.807, 2.05) is 0 Å². The fourth-order valence-electron chi connectivity index (χ4n) is 1.63. The molecule has 1 aromatic carbocycles. The van der Waals surface area contributed by atoms with E-state index >= 15 is 0 Å². The average molecular weight is 255 g/mol. The molecule has 0 fully saturated rings. The number of hydroxylamine groups is 1. The Morgan fingerprint density at radius 1 is 1.35 bits per heavy atom. The van der Waals surface area contributed by atoms with Crippen LogP contribution in [0.1, 0.15) is 22.8 Å². The Morgan fingerprint density at radius 3 is 2.53 bits per heavy atom. The lowest BCUT2D eigenvalue weighted by Gasteiger charge is -2.11. The van der Waals surface area contributed by atoms with Crippen molar-refractivity contribution in [2.45, 2.75) is 18.7 Å². The van der Waals surface area contributed by atoms with Crippen LogP contribution in [0.3, 0.4) is 0 Å². The smallest absolute Gasteiger partial charge is 0.323 e. The number of carbonyl (C=O) groups excluding carboxylic acids is 2. The first-order valence-electron chi connectivity index (χ1n) is 4.73. The third-order valence-electron chi connectivity index (χ3n) is 2.32. The molecule has 0 atom stereocenters. The fraction of sp³-hybridized carbons (Fsp3) is 0.200. The van der Waals surface area contributed by atoms with Crippen molar-refractivity contribution in [2.24, 2.45) is 0 Å². The minimum Gasteiger partial charge on any atom is -0.323 e. The molecule has 0 aliphatic carbocycles. The van der Waals surface area contributed by atoms with Crippen molar-refractivity contribution in [1.29, 1.82) is 0 Å². The van der Waals surface area contributed by atoms with Gasteiger partial charge in [0.25, 0.3) is 10.0 Å². The molecule has 0 aromatic heterocycles. The first kappa shape index (κ1) is 11.6. The zero-order valence-corrected chi connectivity index (χ0v) is 9.95. The number of aryl methyl sites for hydroxylation is 1. The maximum Gasteiger partial charge on any atom is 0.331 e. The van der Waals surface area contributed by atoms with Gasteiger partial charge in [0.1, 0.15) is 4.90 Å². The summed E-state index contributed by atoms with van der Waals surface area (Å²) >= 11 is 0. The summed E-state index contributed by atoms with van der Waals surface area (Å²) < 4.78 is 24.0. The van der Waals surface area contributed by atoms with Crippen LogP contribution in [0.5, 0.6) is 0 Å². The van der Waals surface area contributed by atoms with Crippen molar-refractivity contribution in [2.75, 3.05) is 0 Å². The summed E-state index contributed by atoms with van der Waals surface area (Å²) in [6, 6.07) is 4.44. The Balaban J connectivity index is 2.65. The summed E-state index contributed by atoms with van der Waals surface area (Å²) in [6.07, 6.45) is 0. The molecule has 0 spiro atoms. The van der Waals surface area contributed by atoms with Crippen LogP contribution in [0.2, 0.25) is 0 Å². The van der Waals surface area contributed by atoms with Gasteiger partial charge >= 0.3 is 11.9 Å². The Morgan fingerprint density at radius 2 is 2.00 bits per heavy atom. The molecule has 6 nitrogen and oxygen atoms in total. The zero-order valence-electron chi connectivity index (χ0n) is 9.13. The molecule has 1 aliphatic rings. The highest BCUT2D eigenvalue weighted by Crippen LogP contribution is 2.32. The second-order valence-corrected chi connectivity index (χ2v) is 5.29. The van der Waals surface area contributed by atoms with Crippen molar-refractivity contribution in [1.82, 2.24) is 4.47 Å². The minimum absolute atomic E-state index is 0.0498. The van der Waals surface area contributed by atoms with Crippen molar-refractivity contribution in [3.63, 3.8) is 0 Å². The number of hydrogen-bond acceptors (Lipinski definition) is 5. The molecule has 1 aliphatic heterocycles. The number of rotatable bonds is 1. The highest BCUT2D eigenvalue weighted by Gasteiger charge is 2.44. The van der Waals surface area contributed by atoms with Crippen molar-refractivity contribution >= 4 is 21.9 Å². The van der Waals surface area contributed by atoms with Crippen LogP contribution < -0.4 is 0 Å². The number of nitrogens with zero attached hydrogens (tertiary/aromatic N) is 1. The topological polar surface area (TPSA) is 80.8 Å². The molecule has 0 bridgehead atoms. The van der Waals surface area contributed by atoms with E-state index in [-0.39, 0.29) is 14.9 Å². The second kappa shape index (κ2) is 3.56. The Hall–Kier alpha value is -1.89. The second-order valence-electron chi connectivity index (χ2n) is 3.57. The predicted molar refractivity (Wildman–Crippen MR) is 56.3 cm³/mol. The van der Waals surface area contributed by atoms with Crippen molar-refractivity contribution in [3.8, 4) is 0 Å². The standard InChI is InChI=1S/C10H9NO5S/c1-6-4-3-5-8-9(6)10(13)11(16-7(2)12)17(8,14)15/h3-5H,1-2H3. The minimum atomic E-state index is -4.07. The molecule has 0 saturated carbocycles. The Kier molecular flexibility index (Phi) is 2.43. The summed E-state index contributed by atoms with van der Waals surface area (Å²) in [5.41, 5.74) is 0.569. The van der Waals surface area contributed by atoms with Crippen LogP contribution in [0.25, 0.3) is 0 Å². The number of fused-ring (bicyclic) bond motifs is 1. The van der Waals surface area contributed by atoms with Crippen LogP contribution in [0.4, 0.5) is 0 Å². The highest BCUT2D eigenvalue weighted by molar-refractivity contribution is 7.90. The van der Waals surface area contributed by atoms with E-state index in [2.05, 4.69) is 4.84 Å². The summed E-state index contributed by atoms with van der Waals surface area (Å²) in [6.45, 7) is 2.64. The monoisotopic (exact) mass is 255 g/mol. The highest BCUT2D eigenvalue weighted by atomic mass is 32.2. The van der Waals surface area contributed by atoms with Gasteiger partial charge in [-0.15, -0.1) is 0 Å². The van der Waals surface area contributed by atoms with E-state index in [4.69, 9.17) is 0 Å². The van der Waals surface area contributed by atoms with Crippen LogP contribution in [-0.4, -0.2) is 24.8 Å². The lowest BCUT2D eigenvalue weighted by molar-refractivity contribution is -0.159. The molecule has 0 unspecified atom stereocenters. The first-order valence-corrected chi connectivity index (χ1v) is 6.17. The fourth-order valence-corrected chi connectivity index (χ4v) is 3.08. The van der Waals surface area contributed by atoms with Crippen LogP contribution in [0, 0.1) is 6.92 Å². The predicted octanol–water partition coefficient (Wildman–Crippen LogP) is 0.618. The van der Waals surface area contributed by atoms with Crippen molar-refractivity contribution in [3.05, 3.63) is 29.3 Å². The average Bonchev–Trinajstić information content (AvgIpc) is 2.41. The first-order chi connectivity index (χ1) is 7.85. The van der Waals surface area contributed by atoms with Gasteiger partial charge in [0.2, 0.25) is 0 Å². The van der Waals surface area contributed by atoms with Gasteiger partial charge in [-0.25, -0.2) is 4.79 Å². The molecule has 0 radical (unpaired) electrons. The number of hydrogen-bond donors (Lipinski definition) is 0. The van der Waals surface area contributed by atoms with Gasteiger partial charge in [0.05, 0.1) is 5.56 Å². The van der Waals surface area contributed by atoms with Gasteiger partial charge in [-0.2, -0.15) is 8.42 Å². The molecule has 0 N–H and O–H groups in total. The number of amides is 1. The molecular formula is C10H9NO5S. The molecule has 17 heavy (non-hydrogen) atoms. The van der Waals surface area contributed by atoms with E-state index in [0.717, 1.165) is 6.92 Å². The summed E-state index contributed by atoms with van der Waals surface area (Å²) in [5.74, 6) is -1.71. The van der Waals surface area contributed by atoms with E-state index < -0.39 is 21.9 Å². The van der Waals surface area contributed by atoms with Gasteiger partial charge in [-0.3, -0.25) is 4.79 Å². The van der Waals surface area contributed by atoms with E-state index in [1.165, 1.54) is 12.1 Å². The van der Waals surface area contributed by atoms with Gasteiger partial charge in [0.15, 0.2) is 0 Å². The maximum atomic E-state index is 11.9. The summed E-state index contributed by atoms with van der Waals surface area (Å²) in [4.78, 5) is 26.9. The Labute approximate surface area is 97.8 Å². The molecule has 2 rings (SSSR count). The summed E-state index contributed by atoms with van der Waals surface area (Å²) in [5, 5.41) is 0. The van der Waals surface area contributed by atoms with Gasteiger partial charge in [-0.05, 0) is 23.0 Å². The van der Waals surface area contributed by atoms with Gasteiger partial charge in [-0.1, -0.05) is 12.1 Å². The maximum absolute atomic E-state index is 11.9. The van der Waals surface area contributed by atoms with Gasteiger partial charge < -0.3 is 4.84 Å². The van der Waals surface area contributed by atoms with Gasteiger partial charge in [0, 0.05) is 6.92 Å². The normalized spacial score (nSPS) is 16.8. The SMILES string of the molecule is CC(=O)ON1C(=O)c2c(C)cccc2S1(=O)=O. The van der Waals surface area contributed by atoms with E-state index in [9.17, 15) is 18.0 Å². The number of carbonyl (C=O) groups is 2. The largest absolute Gasteiger partial charge is 0.331 e. The molecule has 1 amide bonds. The zero-order chi connectivity index (χ0) is 12.8.